The molecule has 3 rings (SSSR count). The molecular weight excluding hydrogens is 368 g/mol. The average Bonchev–Trinajstić information content (AvgIpc) is 3.02. The van der Waals surface area contributed by atoms with Crippen LogP contribution in [0.25, 0.3) is 0 Å². The number of hydrogen-bond donors (Lipinski definition) is 4. The Hall–Kier alpha value is -2.57. The Kier molecular flexibility index (Phi) is 6.15. The number of hydrogen-bond acceptors (Lipinski definition) is 4. The van der Waals surface area contributed by atoms with Gasteiger partial charge < -0.3 is 25.6 Å². The maximum atomic E-state index is 12.7. The Morgan fingerprint density at radius 2 is 2.00 bits per heavy atom. The third kappa shape index (κ3) is 4.23. The summed E-state index contributed by atoms with van der Waals surface area (Å²) in [6.45, 7) is 6.14. The van der Waals surface area contributed by atoms with Crippen LogP contribution in [0.1, 0.15) is 55.5 Å². The molecule has 0 spiro atoms. The summed E-state index contributed by atoms with van der Waals surface area (Å²) < 4.78 is 5.46. The molecule has 6 nitrogen and oxygen atoms in total. The number of anilines is 1. The number of aliphatic hydroxyl groups excluding tert-OH is 2. The van der Waals surface area contributed by atoms with E-state index in [0.29, 0.717) is 23.4 Å². The summed E-state index contributed by atoms with van der Waals surface area (Å²) in [6, 6.07) is 10.6. The molecule has 29 heavy (non-hydrogen) atoms. The highest BCUT2D eigenvalue weighted by atomic mass is 16.5. The second-order valence-corrected chi connectivity index (χ2v) is 8.16. The zero-order valence-corrected chi connectivity index (χ0v) is 17.5. The molecule has 2 atom stereocenters. The van der Waals surface area contributed by atoms with Gasteiger partial charge in [-0.2, -0.15) is 0 Å². The molecule has 4 N–H and O–H groups in total. The van der Waals surface area contributed by atoms with Crippen molar-refractivity contribution < 1.29 is 19.7 Å². The molecule has 1 aliphatic carbocycles. The fourth-order valence-corrected chi connectivity index (χ4v) is 3.77. The molecule has 0 saturated carbocycles. The van der Waals surface area contributed by atoms with E-state index in [1.165, 1.54) is 7.11 Å². The molecule has 1 aliphatic rings. The van der Waals surface area contributed by atoms with Crippen LogP contribution in [0.3, 0.4) is 0 Å². The number of rotatable bonds is 6. The van der Waals surface area contributed by atoms with E-state index in [9.17, 15) is 15.0 Å². The Morgan fingerprint density at radius 1 is 1.28 bits per heavy atom. The first kappa shape index (κ1) is 21.1. The van der Waals surface area contributed by atoms with Gasteiger partial charge in [0, 0.05) is 5.56 Å². The number of nitrogens with one attached hydrogen (secondary N) is 2. The van der Waals surface area contributed by atoms with Crippen molar-refractivity contribution in [1.29, 1.82) is 0 Å². The third-order valence-electron chi connectivity index (χ3n) is 5.97. The highest BCUT2D eigenvalue weighted by molar-refractivity contribution is 5.92. The number of fused-ring (bicyclic) bond motifs is 1. The summed E-state index contributed by atoms with van der Waals surface area (Å²) in [7, 11) is 1.51. The lowest BCUT2D eigenvalue weighted by atomic mass is 9.81. The highest BCUT2D eigenvalue weighted by Crippen LogP contribution is 2.37. The number of urea groups is 1. The van der Waals surface area contributed by atoms with E-state index in [1.54, 1.807) is 0 Å². The van der Waals surface area contributed by atoms with Crippen LogP contribution >= 0.6 is 0 Å². The van der Waals surface area contributed by atoms with Gasteiger partial charge in [-0.15, -0.1) is 0 Å². The van der Waals surface area contributed by atoms with Crippen molar-refractivity contribution in [3.8, 4) is 5.75 Å². The van der Waals surface area contributed by atoms with Crippen LogP contribution in [0.2, 0.25) is 0 Å². The molecule has 0 fully saturated rings. The predicted octanol–water partition coefficient (Wildman–Crippen LogP) is 3.65. The minimum Gasteiger partial charge on any atom is -0.494 e. The molecule has 2 unspecified atom stereocenters. The quantitative estimate of drug-likeness (QED) is 0.598. The second kappa shape index (κ2) is 8.43. The Bertz CT molecular complexity index is 894. The number of methoxy groups -OCH3 is 1. The lowest BCUT2D eigenvalue weighted by Crippen LogP contribution is -2.40. The lowest BCUT2D eigenvalue weighted by Gasteiger charge is -2.26. The van der Waals surface area contributed by atoms with Crippen molar-refractivity contribution in [2.45, 2.75) is 57.8 Å². The normalized spacial score (nSPS) is 18.3. The van der Waals surface area contributed by atoms with Gasteiger partial charge in [0.25, 0.3) is 0 Å². The van der Waals surface area contributed by atoms with Crippen LogP contribution in [-0.4, -0.2) is 29.4 Å². The second-order valence-electron chi connectivity index (χ2n) is 8.16. The molecule has 0 bridgehead atoms. The Balaban J connectivity index is 1.82. The van der Waals surface area contributed by atoms with Crippen molar-refractivity contribution >= 4 is 11.7 Å². The minimum absolute atomic E-state index is 0.119. The van der Waals surface area contributed by atoms with E-state index in [-0.39, 0.29) is 12.0 Å². The maximum absolute atomic E-state index is 12.7. The fraction of sp³-hybridized carbons (Fsp3) is 0.435. The molecule has 0 heterocycles. The van der Waals surface area contributed by atoms with Gasteiger partial charge in [-0.25, -0.2) is 4.79 Å². The molecular formula is C23H30N2O4. The summed E-state index contributed by atoms with van der Waals surface area (Å²) in [6.07, 6.45) is 0.743. The lowest BCUT2D eigenvalue weighted by molar-refractivity contribution is 0.145. The zero-order chi connectivity index (χ0) is 21.2. The molecule has 2 amide bonds. The van der Waals surface area contributed by atoms with Gasteiger partial charge in [0.1, 0.15) is 5.75 Å². The standard InChI is InChI=1S/C23H30N2O4/c1-5-23(2,3)16-10-15(13-26)21(29-4)19(12-16)25-22(28)24-18-11-14-8-6-7-9-17(14)20(18)27/h6-10,12,18,20,26-27H,5,11,13H2,1-4H3,(H2,24,25,28). The summed E-state index contributed by atoms with van der Waals surface area (Å²) in [5, 5.41) is 26.0. The van der Waals surface area contributed by atoms with Gasteiger partial charge in [-0.1, -0.05) is 45.0 Å². The van der Waals surface area contributed by atoms with Crippen LogP contribution in [0.15, 0.2) is 36.4 Å². The van der Waals surface area contributed by atoms with E-state index in [1.807, 2.05) is 36.4 Å². The van der Waals surface area contributed by atoms with Crippen molar-refractivity contribution in [2.24, 2.45) is 0 Å². The van der Waals surface area contributed by atoms with E-state index < -0.39 is 18.2 Å². The number of carbonyl (C=O) groups is 1. The van der Waals surface area contributed by atoms with Gasteiger partial charge in [-0.3, -0.25) is 0 Å². The number of aliphatic hydroxyl groups is 2. The molecule has 0 aliphatic heterocycles. The molecule has 2 aromatic rings. The first-order valence-corrected chi connectivity index (χ1v) is 9.96. The maximum Gasteiger partial charge on any atom is 0.319 e. The molecule has 0 aromatic heterocycles. The Morgan fingerprint density at radius 3 is 2.62 bits per heavy atom. The van der Waals surface area contributed by atoms with E-state index >= 15 is 0 Å². The molecule has 0 radical (unpaired) electrons. The fourth-order valence-electron chi connectivity index (χ4n) is 3.77. The average molecular weight is 399 g/mol. The van der Waals surface area contributed by atoms with Crippen LogP contribution in [0.4, 0.5) is 10.5 Å². The van der Waals surface area contributed by atoms with Crippen molar-refractivity contribution in [1.82, 2.24) is 5.32 Å². The number of carbonyl (C=O) groups excluding carboxylic acids is 1. The molecule has 0 saturated heterocycles. The number of amides is 2. The van der Waals surface area contributed by atoms with Gasteiger partial charge in [0.2, 0.25) is 0 Å². The SMILES string of the molecule is CCC(C)(C)c1cc(CO)c(OC)c(NC(=O)NC2Cc3ccccc3C2O)c1. The minimum atomic E-state index is -0.739. The monoisotopic (exact) mass is 398 g/mol. The van der Waals surface area contributed by atoms with Gasteiger partial charge in [0.15, 0.2) is 0 Å². The van der Waals surface area contributed by atoms with Crippen molar-refractivity contribution in [3.05, 3.63) is 58.7 Å². The summed E-state index contributed by atoms with van der Waals surface area (Å²) >= 11 is 0. The van der Waals surface area contributed by atoms with E-state index in [2.05, 4.69) is 31.4 Å². The van der Waals surface area contributed by atoms with Gasteiger partial charge in [0.05, 0.1) is 31.5 Å². The van der Waals surface area contributed by atoms with Gasteiger partial charge in [-0.05, 0) is 47.1 Å². The van der Waals surface area contributed by atoms with Crippen molar-refractivity contribution in [3.63, 3.8) is 0 Å². The Labute approximate surface area is 171 Å². The van der Waals surface area contributed by atoms with Crippen LogP contribution in [0.5, 0.6) is 5.75 Å². The first-order valence-electron chi connectivity index (χ1n) is 9.96. The first-order chi connectivity index (χ1) is 13.8. The van der Waals surface area contributed by atoms with Crippen LogP contribution < -0.4 is 15.4 Å². The third-order valence-corrected chi connectivity index (χ3v) is 5.97. The molecule has 6 heteroatoms. The summed E-state index contributed by atoms with van der Waals surface area (Å²) in [5.41, 5.74) is 3.90. The topological polar surface area (TPSA) is 90.8 Å². The number of ether oxygens (including phenoxy) is 1. The largest absolute Gasteiger partial charge is 0.494 e. The van der Waals surface area contributed by atoms with Crippen LogP contribution in [0, 0.1) is 0 Å². The molecule has 2 aromatic carbocycles. The van der Waals surface area contributed by atoms with Crippen molar-refractivity contribution in [2.75, 3.05) is 12.4 Å². The molecule has 156 valence electrons. The highest BCUT2D eigenvalue weighted by Gasteiger charge is 2.32. The van der Waals surface area contributed by atoms with E-state index in [0.717, 1.165) is 23.1 Å². The number of benzene rings is 2. The zero-order valence-electron chi connectivity index (χ0n) is 17.5. The van der Waals surface area contributed by atoms with Gasteiger partial charge >= 0.3 is 6.03 Å². The van der Waals surface area contributed by atoms with Crippen LogP contribution in [-0.2, 0) is 18.4 Å². The summed E-state index contributed by atoms with van der Waals surface area (Å²) in [5.74, 6) is 0.438. The van der Waals surface area contributed by atoms with E-state index in [4.69, 9.17) is 4.74 Å². The predicted molar refractivity (Wildman–Crippen MR) is 113 cm³/mol. The smallest absolute Gasteiger partial charge is 0.319 e. The summed E-state index contributed by atoms with van der Waals surface area (Å²) in [4.78, 5) is 12.7.